The van der Waals surface area contributed by atoms with E-state index in [-0.39, 0.29) is 6.04 Å². The highest BCUT2D eigenvalue weighted by Gasteiger charge is 2.16. The maximum atomic E-state index is 13.8. The van der Waals surface area contributed by atoms with Gasteiger partial charge < -0.3 is 10.1 Å². The third-order valence-electron chi connectivity index (χ3n) is 3.63. The molecule has 4 heteroatoms. The number of ether oxygens (including phenoxy) is 1. The molecule has 2 rings (SSSR count). The summed E-state index contributed by atoms with van der Waals surface area (Å²) in [6, 6.07) is 7.70. The van der Waals surface area contributed by atoms with Gasteiger partial charge >= 0.3 is 0 Å². The monoisotopic (exact) mass is 291 g/mol. The second-order valence-electron chi connectivity index (χ2n) is 5.10. The fourth-order valence-corrected chi connectivity index (χ4v) is 2.46. The first kappa shape index (κ1) is 15.3. The Bertz CT molecular complexity index is 655. The van der Waals surface area contributed by atoms with Crippen molar-refractivity contribution in [3.63, 3.8) is 0 Å². The van der Waals surface area contributed by atoms with Gasteiger partial charge in [-0.1, -0.05) is 18.2 Å². The lowest BCUT2D eigenvalue weighted by Gasteiger charge is -2.20. The molecule has 0 aliphatic carbocycles. The molecule has 0 heterocycles. The smallest absolute Gasteiger partial charge is 0.164 e. The molecule has 0 saturated carbocycles. The van der Waals surface area contributed by atoms with Gasteiger partial charge in [-0.2, -0.15) is 0 Å². The fourth-order valence-electron chi connectivity index (χ4n) is 2.46. The number of anilines is 1. The van der Waals surface area contributed by atoms with Crippen LogP contribution in [0.5, 0.6) is 5.75 Å². The Labute approximate surface area is 123 Å². The van der Waals surface area contributed by atoms with E-state index in [4.69, 9.17) is 4.74 Å². The molecule has 1 N–H and O–H groups in total. The molecule has 0 amide bonds. The van der Waals surface area contributed by atoms with Crippen LogP contribution in [0.1, 0.15) is 29.7 Å². The number of nitrogens with one attached hydrogen (secondary N) is 1. The predicted molar refractivity (Wildman–Crippen MR) is 80.9 cm³/mol. The minimum atomic E-state index is -0.834. The number of methoxy groups -OCH3 is 1. The van der Waals surface area contributed by atoms with E-state index in [2.05, 4.69) is 5.32 Å². The normalized spacial score (nSPS) is 12.1. The molecular formula is C17H19F2NO. The van der Waals surface area contributed by atoms with Crippen molar-refractivity contribution in [2.45, 2.75) is 26.8 Å². The molecule has 1 unspecified atom stereocenters. The Hall–Kier alpha value is -2.10. The summed E-state index contributed by atoms with van der Waals surface area (Å²) >= 11 is 0. The second kappa shape index (κ2) is 6.12. The van der Waals surface area contributed by atoms with Crippen molar-refractivity contribution in [1.82, 2.24) is 0 Å². The van der Waals surface area contributed by atoms with E-state index in [1.807, 2.05) is 26.0 Å². The molecule has 1 atom stereocenters. The topological polar surface area (TPSA) is 21.3 Å². The molecule has 0 fully saturated rings. The maximum absolute atomic E-state index is 13.8. The predicted octanol–water partition coefficient (Wildman–Crippen LogP) is 4.76. The maximum Gasteiger partial charge on any atom is 0.164 e. The molecule has 112 valence electrons. The van der Waals surface area contributed by atoms with Crippen LogP contribution in [0.15, 0.2) is 30.3 Å². The third kappa shape index (κ3) is 2.99. The molecule has 0 spiro atoms. The number of hydrogen-bond donors (Lipinski definition) is 1. The van der Waals surface area contributed by atoms with E-state index >= 15 is 0 Å². The van der Waals surface area contributed by atoms with Crippen LogP contribution in [0.2, 0.25) is 0 Å². The Morgan fingerprint density at radius 2 is 1.81 bits per heavy atom. The summed E-state index contributed by atoms with van der Waals surface area (Å²) in [5.41, 5.74) is 3.12. The third-order valence-corrected chi connectivity index (χ3v) is 3.63. The van der Waals surface area contributed by atoms with Gasteiger partial charge in [0, 0.05) is 16.8 Å². The van der Waals surface area contributed by atoms with Gasteiger partial charge in [-0.3, -0.25) is 0 Å². The molecule has 2 nitrogen and oxygen atoms in total. The lowest BCUT2D eigenvalue weighted by atomic mass is 10.0. The molecular weight excluding hydrogens is 272 g/mol. The van der Waals surface area contributed by atoms with E-state index < -0.39 is 11.6 Å². The number of rotatable bonds is 4. The molecule has 0 bridgehead atoms. The van der Waals surface area contributed by atoms with Crippen molar-refractivity contribution in [3.05, 3.63) is 58.7 Å². The van der Waals surface area contributed by atoms with Crippen molar-refractivity contribution < 1.29 is 13.5 Å². The van der Waals surface area contributed by atoms with Crippen LogP contribution >= 0.6 is 0 Å². The largest absolute Gasteiger partial charge is 0.496 e. The molecule has 2 aromatic rings. The molecule has 0 aliphatic rings. The van der Waals surface area contributed by atoms with Gasteiger partial charge in [0.1, 0.15) is 5.75 Å². The quantitative estimate of drug-likeness (QED) is 0.876. The van der Waals surface area contributed by atoms with Crippen molar-refractivity contribution in [2.24, 2.45) is 0 Å². The summed E-state index contributed by atoms with van der Waals surface area (Å²) in [5.74, 6) is -0.847. The van der Waals surface area contributed by atoms with Crippen LogP contribution in [-0.4, -0.2) is 7.11 Å². The van der Waals surface area contributed by atoms with Gasteiger partial charge in [0.2, 0.25) is 0 Å². The minimum Gasteiger partial charge on any atom is -0.496 e. The summed E-state index contributed by atoms with van der Waals surface area (Å²) in [7, 11) is 1.62. The van der Waals surface area contributed by atoms with Crippen LogP contribution in [0.25, 0.3) is 0 Å². The highest BCUT2D eigenvalue weighted by atomic mass is 19.2. The molecule has 0 aliphatic heterocycles. The van der Waals surface area contributed by atoms with Gasteiger partial charge in [-0.05, 0) is 38.5 Å². The Morgan fingerprint density at radius 3 is 2.48 bits per heavy atom. The zero-order valence-corrected chi connectivity index (χ0v) is 12.6. The van der Waals surface area contributed by atoms with E-state index in [9.17, 15) is 8.78 Å². The lowest BCUT2D eigenvalue weighted by molar-refractivity contribution is 0.409. The lowest BCUT2D eigenvalue weighted by Crippen LogP contribution is -2.11. The van der Waals surface area contributed by atoms with Crippen molar-refractivity contribution >= 4 is 5.69 Å². The van der Waals surface area contributed by atoms with Crippen LogP contribution in [0.4, 0.5) is 14.5 Å². The average molecular weight is 291 g/mol. The van der Waals surface area contributed by atoms with Gasteiger partial charge in [0.15, 0.2) is 11.6 Å². The first-order valence-corrected chi connectivity index (χ1v) is 6.80. The van der Waals surface area contributed by atoms with Gasteiger partial charge in [-0.25, -0.2) is 8.78 Å². The zero-order chi connectivity index (χ0) is 15.6. The first-order valence-electron chi connectivity index (χ1n) is 6.80. The van der Waals surface area contributed by atoms with Gasteiger partial charge in [0.25, 0.3) is 0 Å². The first-order chi connectivity index (χ1) is 9.95. The fraction of sp³-hybridized carbons (Fsp3) is 0.294. The Balaban J connectivity index is 2.32. The summed E-state index contributed by atoms with van der Waals surface area (Å²) in [6.45, 7) is 5.69. The average Bonchev–Trinajstić information content (AvgIpc) is 2.45. The van der Waals surface area contributed by atoms with Crippen molar-refractivity contribution in [3.8, 4) is 5.75 Å². The molecule has 0 saturated heterocycles. The number of hydrogen-bond acceptors (Lipinski definition) is 2. The highest BCUT2D eigenvalue weighted by Crippen LogP contribution is 2.32. The van der Waals surface area contributed by atoms with Crippen LogP contribution in [0, 0.1) is 25.5 Å². The molecule has 0 radical (unpaired) electrons. The second-order valence-corrected chi connectivity index (χ2v) is 5.10. The zero-order valence-electron chi connectivity index (χ0n) is 12.6. The van der Waals surface area contributed by atoms with Gasteiger partial charge in [0.05, 0.1) is 13.2 Å². The van der Waals surface area contributed by atoms with E-state index in [0.717, 1.165) is 28.6 Å². The molecule has 0 aromatic heterocycles. The highest BCUT2D eigenvalue weighted by molar-refractivity contribution is 5.60. The van der Waals surface area contributed by atoms with E-state index in [1.54, 1.807) is 20.1 Å². The Kier molecular flexibility index (Phi) is 4.46. The summed E-state index contributed by atoms with van der Waals surface area (Å²) in [6.07, 6.45) is 0. The Morgan fingerprint density at radius 1 is 1.10 bits per heavy atom. The molecule has 2 aromatic carbocycles. The van der Waals surface area contributed by atoms with Crippen molar-refractivity contribution in [2.75, 3.05) is 12.4 Å². The van der Waals surface area contributed by atoms with E-state index in [1.165, 1.54) is 6.07 Å². The standard InChI is InChI=1S/C17H19F2NO/c1-10-8-9-15(11(2)17(10)21-4)20-12(3)13-6-5-7-14(18)16(13)19/h5-9,12,20H,1-4H3. The summed E-state index contributed by atoms with van der Waals surface area (Å²) in [4.78, 5) is 0. The van der Waals surface area contributed by atoms with Crippen LogP contribution in [-0.2, 0) is 0 Å². The molecule has 21 heavy (non-hydrogen) atoms. The van der Waals surface area contributed by atoms with E-state index in [0.29, 0.717) is 5.56 Å². The van der Waals surface area contributed by atoms with Crippen LogP contribution in [0.3, 0.4) is 0 Å². The number of halogens is 2. The number of benzene rings is 2. The SMILES string of the molecule is COc1c(C)ccc(NC(C)c2cccc(F)c2F)c1C. The number of aryl methyl sites for hydroxylation is 1. The van der Waals surface area contributed by atoms with Gasteiger partial charge in [-0.15, -0.1) is 0 Å². The van der Waals surface area contributed by atoms with Crippen molar-refractivity contribution in [1.29, 1.82) is 0 Å². The summed E-state index contributed by atoms with van der Waals surface area (Å²) in [5, 5.41) is 3.21. The minimum absolute atomic E-state index is 0.300. The summed E-state index contributed by atoms with van der Waals surface area (Å²) < 4.78 is 32.5. The van der Waals surface area contributed by atoms with Crippen LogP contribution < -0.4 is 10.1 Å².